The SMILES string of the molecule is COC(=O)c1cc(OC)c(OC)cc1NCC(=O)Nc1ccccc1. The Morgan fingerprint density at radius 1 is 0.960 bits per heavy atom. The van der Waals surface area contributed by atoms with E-state index in [9.17, 15) is 9.59 Å². The van der Waals surface area contributed by atoms with Gasteiger partial charge in [0, 0.05) is 17.8 Å². The van der Waals surface area contributed by atoms with Gasteiger partial charge >= 0.3 is 5.97 Å². The van der Waals surface area contributed by atoms with Crippen LogP contribution in [0.15, 0.2) is 42.5 Å². The molecule has 0 heterocycles. The maximum atomic E-state index is 12.1. The Balaban J connectivity index is 2.16. The Labute approximate surface area is 145 Å². The molecule has 0 atom stereocenters. The third kappa shape index (κ3) is 4.63. The first kappa shape index (κ1) is 18.1. The van der Waals surface area contributed by atoms with Crippen LogP contribution in [0.1, 0.15) is 10.4 Å². The van der Waals surface area contributed by atoms with E-state index in [4.69, 9.17) is 14.2 Å². The van der Waals surface area contributed by atoms with Crippen molar-refractivity contribution >= 4 is 23.3 Å². The molecule has 2 N–H and O–H groups in total. The van der Waals surface area contributed by atoms with Crippen LogP contribution in [0.25, 0.3) is 0 Å². The summed E-state index contributed by atoms with van der Waals surface area (Å²) in [6, 6.07) is 12.2. The zero-order valence-electron chi connectivity index (χ0n) is 14.3. The molecule has 0 aliphatic carbocycles. The molecule has 2 aromatic carbocycles. The molecule has 0 spiro atoms. The van der Waals surface area contributed by atoms with Crippen molar-refractivity contribution in [3.63, 3.8) is 0 Å². The van der Waals surface area contributed by atoms with Gasteiger partial charge in [-0.1, -0.05) is 18.2 Å². The summed E-state index contributed by atoms with van der Waals surface area (Å²) in [6.07, 6.45) is 0. The number of para-hydroxylation sites is 1. The number of methoxy groups -OCH3 is 3. The maximum Gasteiger partial charge on any atom is 0.340 e. The highest BCUT2D eigenvalue weighted by Gasteiger charge is 2.18. The van der Waals surface area contributed by atoms with Crippen LogP contribution in [0.5, 0.6) is 11.5 Å². The Bertz CT molecular complexity index is 747. The minimum Gasteiger partial charge on any atom is -0.493 e. The van der Waals surface area contributed by atoms with Gasteiger partial charge in [0.25, 0.3) is 0 Å². The van der Waals surface area contributed by atoms with E-state index >= 15 is 0 Å². The molecule has 2 aromatic rings. The quantitative estimate of drug-likeness (QED) is 0.751. The summed E-state index contributed by atoms with van der Waals surface area (Å²) < 4.78 is 15.2. The van der Waals surface area contributed by atoms with Crippen molar-refractivity contribution < 1.29 is 23.8 Å². The molecule has 0 saturated carbocycles. The molecular weight excluding hydrogens is 324 g/mol. The van der Waals surface area contributed by atoms with Crippen molar-refractivity contribution in [2.75, 3.05) is 38.5 Å². The molecule has 0 radical (unpaired) electrons. The van der Waals surface area contributed by atoms with E-state index in [0.717, 1.165) is 0 Å². The number of ether oxygens (including phenoxy) is 3. The largest absolute Gasteiger partial charge is 0.493 e. The Morgan fingerprint density at radius 2 is 1.60 bits per heavy atom. The highest BCUT2D eigenvalue weighted by Crippen LogP contribution is 2.33. The lowest BCUT2D eigenvalue weighted by Crippen LogP contribution is -2.22. The van der Waals surface area contributed by atoms with Crippen LogP contribution >= 0.6 is 0 Å². The zero-order chi connectivity index (χ0) is 18.2. The average molecular weight is 344 g/mol. The second-order valence-corrected chi connectivity index (χ2v) is 5.01. The fraction of sp³-hybridized carbons (Fsp3) is 0.222. The molecule has 7 heteroatoms. The normalized spacial score (nSPS) is 9.88. The number of carbonyl (C=O) groups is 2. The second-order valence-electron chi connectivity index (χ2n) is 5.01. The third-order valence-corrected chi connectivity index (χ3v) is 3.43. The molecule has 0 unspecified atom stereocenters. The topological polar surface area (TPSA) is 85.9 Å². The predicted molar refractivity (Wildman–Crippen MR) is 94.4 cm³/mol. The van der Waals surface area contributed by atoms with Crippen molar-refractivity contribution in [3.8, 4) is 11.5 Å². The molecule has 0 aliphatic rings. The van der Waals surface area contributed by atoms with Gasteiger partial charge in [0.2, 0.25) is 5.91 Å². The van der Waals surface area contributed by atoms with Gasteiger partial charge in [-0.05, 0) is 12.1 Å². The van der Waals surface area contributed by atoms with Gasteiger partial charge in [-0.3, -0.25) is 4.79 Å². The number of benzene rings is 2. The van der Waals surface area contributed by atoms with Crippen LogP contribution < -0.4 is 20.1 Å². The number of nitrogens with one attached hydrogen (secondary N) is 2. The summed E-state index contributed by atoms with van der Waals surface area (Å²) in [5, 5.41) is 5.68. The summed E-state index contributed by atoms with van der Waals surface area (Å²) in [6.45, 7) is -0.0334. The lowest BCUT2D eigenvalue weighted by molar-refractivity contribution is -0.114. The van der Waals surface area contributed by atoms with Crippen LogP contribution in [0.4, 0.5) is 11.4 Å². The van der Waals surface area contributed by atoms with E-state index in [1.807, 2.05) is 18.2 Å². The van der Waals surface area contributed by atoms with Gasteiger partial charge in [-0.25, -0.2) is 4.79 Å². The number of amides is 1. The zero-order valence-corrected chi connectivity index (χ0v) is 14.3. The van der Waals surface area contributed by atoms with Gasteiger partial charge in [0.05, 0.1) is 39.1 Å². The lowest BCUT2D eigenvalue weighted by Gasteiger charge is -2.15. The third-order valence-electron chi connectivity index (χ3n) is 3.43. The summed E-state index contributed by atoms with van der Waals surface area (Å²) in [4.78, 5) is 24.0. The fourth-order valence-corrected chi connectivity index (χ4v) is 2.21. The monoisotopic (exact) mass is 344 g/mol. The van der Waals surface area contributed by atoms with E-state index in [1.54, 1.807) is 18.2 Å². The van der Waals surface area contributed by atoms with Gasteiger partial charge in [-0.15, -0.1) is 0 Å². The minimum absolute atomic E-state index is 0.0334. The first-order valence-electron chi connectivity index (χ1n) is 7.52. The molecule has 2 rings (SSSR count). The molecule has 25 heavy (non-hydrogen) atoms. The van der Waals surface area contributed by atoms with Crippen LogP contribution in [0.3, 0.4) is 0 Å². The second kappa shape index (κ2) is 8.58. The fourth-order valence-electron chi connectivity index (χ4n) is 2.21. The van der Waals surface area contributed by atoms with E-state index in [0.29, 0.717) is 22.9 Å². The molecule has 0 bridgehead atoms. The molecule has 1 amide bonds. The first-order chi connectivity index (χ1) is 12.1. The van der Waals surface area contributed by atoms with E-state index in [-0.39, 0.29) is 18.0 Å². The van der Waals surface area contributed by atoms with Crippen LogP contribution in [-0.2, 0) is 9.53 Å². The van der Waals surface area contributed by atoms with Crippen LogP contribution in [0.2, 0.25) is 0 Å². The van der Waals surface area contributed by atoms with Crippen molar-refractivity contribution in [2.24, 2.45) is 0 Å². The molecular formula is C18H20N2O5. The van der Waals surface area contributed by atoms with E-state index < -0.39 is 5.97 Å². The van der Waals surface area contributed by atoms with Crippen molar-refractivity contribution in [1.82, 2.24) is 0 Å². The molecule has 0 saturated heterocycles. The maximum absolute atomic E-state index is 12.1. The number of anilines is 2. The molecule has 132 valence electrons. The molecule has 7 nitrogen and oxygen atoms in total. The first-order valence-corrected chi connectivity index (χ1v) is 7.52. The Hall–Kier alpha value is -3.22. The van der Waals surface area contributed by atoms with E-state index in [1.165, 1.54) is 27.4 Å². The average Bonchev–Trinajstić information content (AvgIpc) is 2.65. The molecule has 0 aromatic heterocycles. The Morgan fingerprint density at radius 3 is 2.20 bits per heavy atom. The lowest BCUT2D eigenvalue weighted by atomic mass is 10.1. The molecule has 0 fully saturated rings. The van der Waals surface area contributed by atoms with E-state index in [2.05, 4.69) is 10.6 Å². The van der Waals surface area contributed by atoms with Gasteiger partial charge in [-0.2, -0.15) is 0 Å². The summed E-state index contributed by atoms with van der Waals surface area (Å²) in [5.41, 5.74) is 1.34. The summed E-state index contributed by atoms with van der Waals surface area (Å²) >= 11 is 0. The molecule has 0 aliphatic heterocycles. The van der Waals surface area contributed by atoms with Gasteiger partial charge in [0.15, 0.2) is 11.5 Å². The highest BCUT2D eigenvalue weighted by atomic mass is 16.5. The number of hydrogen-bond donors (Lipinski definition) is 2. The van der Waals surface area contributed by atoms with Gasteiger partial charge < -0.3 is 24.8 Å². The van der Waals surface area contributed by atoms with Crippen LogP contribution in [0, 0.1) is 0 Å². The number of esters is 1. The van der Waals surface area contributed by atoms with Gasteiger partial charge in [0.1, 0.15) is 0 Å². The minimum atomic E-state index is -0.549. The van der Waals surface area contributed by atoms with Crippen molar-refractivity contribution in [3.05, 3.63) is 48.0 Å². The Kier molecular flexibility index (Phi) is 6.22. The van der Waals surface area contributed by atoms with Crippen molar-refractivity contribution in [2.45, 2.75) is 0 Å². The number of hydrogen-bond acceptors (Lipinski definition) is 6. The van der Waals surface area contributed by atoms with Crippen molar-refractivity contribution in [1.29, 1.82) is 0 Å². The standard InChI is InChI=1S/C18H20N2O5/c1-23-15-9-13(18(22)25-3)14(10-16(15)24-2)19-11-17(21)20-12-7-5-4-6-8-12/h4-10,19H,11H2,1-3H3,(H,20,21). The predicted octanol–water partition coefficient (Wildman–Crippen LogP) is 2.54. The summed E-state index contributed by atoms with van der Waals surface area (Å²) in [7, 11) is 4.24. The van der Waals surface area contributed by atoms with Crippen LogP contribution in [-0.4, -0.2) is 39.8 Å². The number of carbonyl (C=O) groups excluding carboxylic acids is 2. The highest BCUT2D eigenvalue weighted by molar-refractivity contribution is 5.99. The summed E-state index contributed by atoms with van der Waals surface area (Å²) in [5.74, 6) is 0.0204. The number of rotatable bonds is 7. The smallest absolute Gasteiger partial charge is 0.340 e.